The molecule has 0 aliphatic rings. The summed E-state index contributed by atoms with van der Waals surface area (Å²) in [5.41, 5.74) is 1.74. The molecule has 1 N–H and O–H groups in total. The molecule has 0 unspecified atom stereocenters. The lowest BCUT2D eigenvalue weighted by Crippen LogP contribution is -2.10. The third kappa shape index (κ3) is 2.50. The van der Waals surface area contributed by atoms with Crippen LogP contribution in [-0.4, -0.2) is 11.5 Å². The van der Waals surface area contributed by atoms with Gasteiger partial charge in [0.25, 0.3) is 0 Å². The first-order valence-corrected chi connectivity index (χ1v) is 6.06. The average Bonchev–Trinajstić information content (AvgIpc) is 2.33. The number of nitrogens with one attached hydrogen (secondary N) is 1. The van der Waals surface area contributed by atoms with Gasteiger partial charge in [-0.15, -0.1) is 0 Å². The Bertz CT molecular complexity index is 618. The molecule has 2 rings (SSSR count). The molecular formula is C14H15F3N2. The number of anilines is 1. The van der Waals surface area contributed by atoms with Crippen LogP contribution in [0.5, 0.6) is 0 Å². The van der Waals surface area contributed by atoms with Crippen LogP contribution in [0.3, 0.4) is 0 Å². The maximum absolute atomic E-state index is 12.9. The molecule has 1 aromatic heterocycles. The fourth-order valence-corrected chi connectivity index (χ4v) is 2.01. The van der Waals surface area contributed by atoms with E-state index in [0.29, 0.717) is 17.7 Å². The molecule has 1 aromatic carbocycles. The third-order valence-corrected chi connectivity index (χ3v) is 3.16. The van der Waals surface area contributed by atoms with Crippen molar-refractivity contribution in [2.75, 3.05) is 11.9 Å². The standard InChI is InChI=1S/C14H15F3N2/c1-4-18-11-7-12(14(15,16)17)19-13-9(3)8(2)5-6-10(11)13/h5-7H,4H2,1-3H3,(H,18,19). The summed E-state index contributed by atoms with van der Waals surface area (Å²) in [5, 5.41) is 3.69. The van der Waals surface area contributed by atoms with Crippen LogP contribution in [0.25, 0.3) is 10.9 Å². The molecule has 0 bridgehead atoms. The smallest absolute Gasteiger partial charge is 0.385 e. The first-order chi connectivity index (χ1) is 8.84. The number of fused-ring (bicyclic) bond motifs is 1. The maximum Gasteiger partial charge on any atom is 0.433 e. The number of aromatic nitrogens is 1. The molecule has 102 valence electrons. The van der Waals surface area contributed by atoms with Gasteiger partial charge in [0.1, 0.15) is 5.69 Å². The van der Waals surface area contributed by atoms with E-state index in [2.05, 4.69) is 10.3 Å². The molecule has 0 aliphatic heterocycles. The van der Waals surface area contributed by atoms with Crippen LogP contribution in [0.1, 0.15) is 23.7 Å². The molecule has 0 aliphatic carbocycles. The van der Waals surface area contributed by atoms with E-state index >= 15 is 0 Å². The SMILES string of the molecule is CCNc1cc(C(F)(F)F)nc2c(C)c(C)ccc12. The second-order valence-electron chi connectivity index (χ2n) is 4.49. The minimum Gasteiger partial charge on any atom is -0.385 e. The quantitative estimate of drug-likeness (QED) is 0.878. The Kier molecular flexibility index (Phi) is 3.39. The van der Waals surface area contributed by atoms with Crippen molar-refractivity contribution in [2.45, 2.75) is 26.9 Å². The Morgan fingerprint density at radius 1 is 1.21 bits per heavy atom. The van der Waals surface area contributed by atoms with E-state index in [1.165, 1.54) is 0 Å². The van der Waals surface area contributed by atoms with E-state index in [4.69, 9.17) is 0 Å². The van der Waals surface area contributed by atoms with Gasteiger partial charge in [-0.2, -0.15) is 13.2 Å². The van der Waals surface area contributed by atoms with Gasteiger partial charge in [-0.3, -0.25) is 0 Å². The molecule has 0 saturated carbocycles. The molecule has 0 spiro atoms. The highest BCUT2D eigenvalue weighted by Crippen LogP contribution is 2.34. The Labute approximate surface area is 109 Å². The Balaban J connectivity index is 2.80. The number of hydrogen-bond acceptors (Lipinski definition) is 2. The minimum absolute atomic E-state index is 0.408. The molecule has 1 heterocycles. The van der Waals surface area contributed by atoms with Crippen molar-refractivity contribution in [3.8, 4) is 0 Å². The van der Waals surface area contributed by atoms with E-state index in [-0.39, 0.29) is 0 Å². The van der Waals surface area contributed by atoms with Crippen LogP contribution in [0.15, 0.2) is 18.2 Å². The molecule has 0 saturated heterocycles. The van der Waals surface area contributed by atoms with E-state index in [1.807, 2.05) is 26.0 Å². The fraction of sp³-hybridized carbons (Fsp3) is 0.357. The fourth-order valence-electron chi connectivity index (χ4n) is 2.01. The molecule has 0 fully saturated rings. The summed E-state index contributed by atoms with van der Waals surface area (Å²) in [6.07, 6.45) is -4.44. The second kappa shape index (κ2) is 4.72. The number of alkyl halides is 3. The van der Waals surface area contributed by atoms with Gasteiger partial charge in [-0.1, -0.05) is 12.1 Å². The minimum atomic E-state index is -4.44. The van der Waals surface area contributed by atoms with Gasteiger partial charge in [0.05, 0.1) is 5.52 Å². The Morgan fingerprint density at radius 2 is 1.89 bits per heavy atom. The van der Waals surface area contributed by atoms with Crippen LogP contribution < -0.4 is 5.32 Å². The number of aryl methyl sites for hydroxylation is 2. The van der Waals surface area contributed by atoms with Crippen molar-refractivity contribution in [3.63, 3.8) is 0 Å². The zero-order chi connectivity index (χ0) is 14.2. The van der Waals surface area contributed by atoms with Gasteiger partial charge in [0.15, 0.2) is 0 Å². The Hall–Kier alpha value is -1.78. The van der Waals surface area contributed by atoms with E-state index in [9.17, 15) is 13.2 Å². The summed E-state index contributed by atoms with van der Waals surface area (Å²) < 4.78 is 38.6. The zero-order valence-corrected chi connectivity index (χ0v) is 11.0. The third-order valence-electron chi connectivity index (χ3n) is 3.16. The number of halogens is 3. The lowest BCUT2D eigenvalue weighted by atomic mass is 10.0. The van der Waals surface area contributed by atoms with Crippen molar-refractivity contribution >= 4 is 16.6 Å². The van der Waals surface area contributed by atoms with E-state index in [1.54, 1.807) is 6.92 Å². The first-order valence-electron chi connectivity index (χ1n) is 6.06. The topological polar surface area (TPSA) is 24.9 Å². The predicted octanol–water partition coefficient (Wildman–Crippen LogP) is 4.30. The summed E-state index contributed by atoms with van der Waals surface area (Å²) in [5.74, 6) is 0. The number of rotatable bonds is 2. The highest BCUT2D eigenvalue weighted by atomic mass is 19.4. The second-order valence-corrected chi connectivity index (χ2v) is 4.49. The monoisotopic (exact) mass is 268 g/mol. The molecular weight excluding hydrogens is 253 g/mol. The summed E-state index contributed by atoms with van der Waals surface area (Å²) >= 11 is 0. The number of pyridine rings is 1. The van der Waals surface area contributed by atoms with Gasteiger partial charge in [-0.25, -0.2) is 4.98 Å². The van der Waals surface area contributed by atoms with Gasteiger partial charge in [0.2, 0.25) is 0 Å². The van der Waals surface area contributed by atoms with Gasteiger partial charge >= 0.3 is 6.18 Å². The molecule has 2 nitrogen and oxygen atoms in total. The number of nitrogens with zero attached hydrogens (tertiary/aromatic N) is 1. The summed E-state index contributed by atoms with van der Waals surface area (Å²) in [7, 11) is 0. The molecule has 5 heteroatoms. The number of hydrogen-bond donors (Lipinski definition) is 1. The van der Waals surface area contributed by atoms with Crippen molar-refractivity contribution < 1.29 is 13.2 Å². The van der Waals surface area contributed by atoms with Crippen LogP contribution in [0.4, 0.5) is 18.9 Å². The van der Waals surface area contributed by atoms with Crippen LogP contribution in [-0.2, 0) is 6.18 Å². The van der Waals surface area contributed by atoms with E-state index in [0.717, 1.165) is 22.6 Å². The summed E-state index contributed by atoms with van der Waals surface area (Å²) in [6, 6.07) is 4.77. The van der Waals surface area contributed by atoms with Crippen LogP contribution in [0, 0.1) is 13.8 Å². The maximum atomic E-state index is 12.9. The number of benzene rings is 1. The van der Waals surface area contributed by atoms with Gasteiger partial charge in [0, 0.05) is 17.6 Å². The highest BCUT2D eigenvalue weighted by Gasteiger charge is 2.33. The normalized spacial score (nSPS) is 11.9. The molecule has 0 radical (unpaired) electrons. The lowest BCUT2D eigenvalue weighted by molar-refractivity contribution is -0.140. The highest BCUT2D eigenvalue weighted by molar-refractivity contribution is 5.94. The van der Waals surface area contributed by atoms with Crippen molar-refractivity contribution in [2.24, 2.45) is 0 Å². The van der Waals surface area contributed by atoms with Gasteiger partial charge in [-0.05, 0) is 38.0 Å². The zero-order valence-electron chi connectivity index (χ0n) is 11.0. The average molecular weight is 268 g/mol. The van der Waals surface area contributed by atoms with Crippen molar-refractivity contribution in [1.82, 2.24) is 4.98 Å². The van der Waals surface area contributed by atoms with Crippen molar-refractivity contribution in [3.05, 3.63) is 35.0 Å². The molecule has 0 atom stereocenters. The van der Waals surface area contributed by atoms with E-state index < -0.39 is 11.9 Å². The molecule has 19 heavy (non-hydrogen) atoms. The largest absolute Gasteiger partial charge is 0.433 e. The van der Waals surface area contributed by atoms with Crippen LogP contribution >= 0.6 is 0 Å². The predicted molar refractivity (Wildman–Crippen MR) is 70.4 cm³/mol. The first kappa shape index (κ1) is 13.6. The van der Waals surface area contributed by atoms with Gasteiger partial charge < -0.3 is 5.32 Å². The summed E-state index contributed by atoms with van der Waals surface area (Å²) in [6.45, 7) is 6.06. The van der Waals surface area contributed by atoms with Crippen LogP contribution in [0.2, 0.25) is 0 Å². The molecule has 0 amide bonds. The lowest BCUT2D eigenvalue weighted by Gasteiger charge is -2.14. The Morgan fingerprint density at radius 3 is 2.47 bits per heavy atom. The summed E-state index contributed by atoms with van der Waals surface area (Å²) in [4.78, 5) is 3.78. The molecule has 2 aromatic rings. The van der Waals surface area contributed by atoms with Crippen molar-refractivity contribution in [1.29, 1.82) is 0 Å².